The second kappa shape index (κ2) is 13.9. The van der Waals surface area contributed by atoms with E-state index in [0.29, 0.717) is 44.6 Å². The summed E-state index contributed by atoms with van der Waals surface area (Å²) < 4.78 is 33.1. The number of methoxy groups -OCH3 is 1. The van der Waals surface area contributed by atoms with Gasteiger partial charge in [0.2, 0.25) is 10.0 Å². The molecule has 1 atom stereocenters. The SMILES string of the molecule is COc1ccc(CNC(=O)NCCCC[C@@H](CO)N(CC(C)C)S(=O)(=O)c2ccc(N)cc2)cc1. The molecule has 0 bridgehead atoms. The van der Waals surface area contributed by atoms with Crippen molar-refractivity contribution in [2.24, 2.45) is 5.92 Å². The van der Waals surface area contributed by atoms with Crippen molar-refractivity contribution in [3.63, 3.8) is 0 Å². The summed E-state index contributed by atoms with van der Waals surface area (Å²) in [5.74, 6) is 0.844. The van der Waals surface area contributed by atoms with Gasteiger partial charge < -0.3 is 26.2 Å². The van der Waals surface area contributed by atoms with Crippen LogP contribution >= 0.6 is 0 Å². The summed E-state index contributed by atoms with van der Waals surface area (Å²) >= 11 is 0. The van der Waals surface area contributed by atoms with E-state index in [1.807, 2.05) is 38.1 Å². The van der Waals surface area contributed by atoms with Crippen LogP contribution in [0, 0.1) is 5.92 Å². The smallest absolute Gasteiger partial charge is 0.315 e. The number of nitrogens with one attached hydrogen (secondary N) is 2. The van der Waals surface area contributed by atoms with Gasteiger partial charge in [-0.05, 0) is 60.7 Å². The number of urea groups is 1. The fraction of sp³-hybridized carbons (Fsp3) is 0.480. The summed E-state index contributed by atoms with van der Waals surface area (Å²) in [6.45, 7) is 4.74. The number of sulfonamides is 1. The van der Waals surface area contributed by atoms with Gasteiger partial charge in [0.1, 0.15) is 5.75 Å². The van der Waals surface area contributed by atoms with Gasteiger partial charge in [-0.25, -0.2) is 13.2 Å². The Bertz CT molecular complexity index is 1010. The standard InChI is InChI=1S/C25H38N4O5S/c1-19(2)17-29(35(32,33)24-13-9-21(26)10-14-24)22(18-30)6-4-5-15-27-25(31)28-16-20-7-11-23(34-3)12-8-20/h7-14,19,22,30H,4-6,15-18,26H2,1-3H3,(H2,27,28,31)/t22-/m0/s1. The third-order valence-electron chi connectivity index (χ3n) is 5.51. The van der Waals surface area contributed by atoms with Gasteiger partial charge in [-0.2, -0.15) is 4.31 Å². The van der Waals surface area contributed by atoms with Crippen LogP contribution in [0.5, 0.6) is 5.75 Å². The van der Waals surface area contributed by atoms with Crippen LogP contribution in [0.15, 0.2) is 53.4 Å². The topological polar surface area (TPSA) is 134 Å². The molecule has 2 aromatic carbocycles. The first-order valence-electron chi connectivity index (χ1n) is 11.8. The summed E-state index contributed by atoms with van der Waals surface area (Å²) in [5, 5.41) is 15.6. The van der Waals surface area contributed by atoms with Crippen LogP contribution in [0.3, 0.4) is 0 Å². The zero-order valence-electron chi connectivity index (χ0n) is 20.7. The molecule has 0 radical (unpaired) electrons. The maximum Gasteiger partial charge on any atom is 0.315 e. The zero-order chi connectivity index (χ0) is 25.8. The Morgan fingerprint density at radius 3 is 2.29 bits per heavy atom. The van der Waals surface area contributed by atoms with Crippen LogP contribution < -0.4 is 21.1 Å². The summed E-state index contributed by atoms with van der Waals surface area (Å²) in [4.78, 5) is 12.2. The highest BCUT2D eigenvalue weighted by Crippen LogP contribution is 2.23. The molecule has 2 aromatic rings. The Kier molecular flexibility index (Phi) is 11.3. The van der Waals surface area contributed by atoms with Crippen LogP contribution in [-0.4, -0.2) is 56.7 Å². The van der Waals surface area contributed by atoms with Gasteiger partial charge in [-0.15, -0.1) is 0 Å². The monoisotopic (exact) mass is 506 g/mol. The molecule has 0 spiro atoms. The van der Waals surface area contributed by atoms with Crippen molar-refractivity contribution in [2.45, 2.75) is 50.6 Å². The molecular weight excluding hydrogens is 468 g/mol. The molecule has 5 N–H and O–H groups in total. The van der Waals surface area contributed by atoms with Crippen LogP contribution in [0.25, 0.3) is 0 Å². The number of benzene rings is 2. The number of unbranched alkanes of at least 4 members (excludes halogenated alkanes) is 1. The molecule has 2 amide bonds. The van der Waals surface area contributed by atoms with E-state index < -0.39 is 16.1 Å². The molecule has 0 aliphatic carbocycles. The molecule has 0 unspecified atom stereocenters. The van der Waals surface area contributed by atoms with Crippen molar-refractivity contribution >= 4 is 21.7 Å². The molecule has 0 fully saturated rings. The maximum atomic E-state index is 13.3. The number of nitrogen functional groups attached to an aromatic ring is 1. The molecule has 2 rings (SSSR count). The number of hydrogen-bond acceptors (Lipinski definition) is 6. The Morgan fingerprint density at radius 2 is 1.71 bits per heavy atom. The number of nitrogens with two attached hydrogens (primary N) is 1. The van der Waals surface area contributed by atoms with Gasteiger partial charge in [0.25, 0.3) is 0 Å². The molecule has 9 nitrogen and oxygen atoms in total. The highest BCUT2D eigenvalue weighted by molar-refractivity contribution is 7.89. The van der Waals surface area contributed by atoms with Crippen molar-refractivity contribution in [3.05, 3.63) is 54.1 Å². The first-order valence-corrected chi connectivity index (χ1v) is 13.2. The van der Waals surface area contributed by atoms with Gasteiger partial charge in [0.15, 0.2) is 0 Å². The Labute approximate surface area is 208 Å². The number of carbonyl (C=O) groups excluding carboxylic acids is 1. The van der Waals surface area contributed by atoms with Gasteiger partial charge in [-0.3, -0.25) is 0 Å². The number of hydrogen-bond donors (Lipinski definition) is 4. The Morgan fingerprint density at radius 1 is 1.06 bits per heavy atom. The quantitative estimate of drug-likeness (QED) is 0.230. The summed E-state index contributed by atoms with van der Waals surface area (Å²) in [6.07, 6.45) is 1.78. The molecule has 0 saturated carbocycles. The highest BCUT2D eigenvalue weighted by atomic mass is 32.2. The third kappa shape index (κ3) is 9.04. The average Bonchev–Trinajstić information content (AvgIpc) is 2.84. The number of nitrogens with zero attached hydrogens (tertiary/aromatic N) is 1. The van der Waals surface area contributed by atoms with Crippen molar-refractivity contribution in [1.82, 2.24) is 14.9 Å². The van der Waals surface area contributed by atoms with Gasteiger partial charge in [-0.1, -0.05) is 32.4 Å². The van der Waals surface area contributed by atoms with E-state index in [0.717, 1.165) is 11.3 Å². The minimum Gasteiger partial charge on any atom is -0.497 e. The highest BCUT2D eigenvalue weighted by Gasteiger charge is 2.31. The first-order chi connectivity index (χ1) is 16.7. The lowest BCUT2D eigenvalue weighted by atomic mass is 10.1. The van der Waals surface area contributed by atoms with Crippen molar-refractivity contribution < 1.29 is 23.1 Å². The fourth-order valence-corrected chi connectivity index (χ4v) is 5.41. The van der Waals surface area contributed by atoms with E-state index in [4.69, 9.17) is 10.5 Å². The number of anilines is 1. The third-order valence-corrected chi connectivity index (χ3v) is 7.44. The largest absolute Gasteiger partial charge is 0.497 e. The number of rotatable bonds is 14. The van der Waals surface area contributed by atoms with Gasteiger partial charge in [0.05, 0.1) is 18.6 Å². The summed E-state index contributed by atoms with van der Waals surface area (Å²) in [5.41, 5.74) is 7.14. The van der Waals surface area contributed by atoms with E-state index in [9.17, 15) is 18.3 Å². The van der Waals surface area contributed by atoms with Crippen LogP contribution in [0.1, 0.15) is 38.7 Å². The summed E-state index contributed by atoms with van der Waals surface area (Å²) in [7, 11) is -2.19. The predicted molar refractivity (Wildman–Crippen MR) is 138 cm³/mol. The lowest BCUT2D eigenvalue weighted by Gasteiger charge is -2.31. The number of ether oxygens (including phenoxy) is 1. The second-order valence-corrected chi connectivity index (χ2v) is 10.7. The van der Waals surface area contributed by atoms with Crippen LogP contribution in [-0.2, 0) is 16.6 Å². The molecule has 0 aromatic heterocycles. The fourth-order valence-electron chi connectivity index (χ4n) is 3.60. The zero-order valence-corrected chi connectivity index (χ0v) is 21.6. The lowest BCUT2D eigenvalue weighted by molar-refractivity contribution is 0.168. The van der Waals surface area contributed by atoms with Crippen LogP contribution in [0.4, 0.5) is 10.5 Å². The number of carbonyl (C=O) groups is 1. The van der Waals surface area contributed by atoms with E-state index >= 15 is 0 Å². The number of amides is 2. The molecule has 35 heavy (non-hydrogen) atoms. The molecule has 0 aliphatic heterocycles. The molecular formula is C25H38N4O5S. The molecule has 0 heterocycles. The molecule has 0 aliphatic rings. The molecule has 194 valence electrons. The predicted octanol–water partition coefficient (Wildman–Crippen LogP) is 2.95. The van der Waals surface area contributed by atoms with Crippen molar-refractivity contribution in [1.29, 1.82) is 0 Å². The molecule has 10 heteroatoms. The average molecular weight is 507 g/mol. The summed E-state index contributed by atoms with van der Waals surface area (Å²) in [6, 6.07) is 12.7. The normalized spacial score (nSPS) is 12.5. The second-order valence-electron chi connectivity index (χ2n) is 8.83. The Hall–Kier alpha value is -2.82. The van der Waals surface area contributed by atoms with Crippen molar-refractivity contribution in [3.8, 4) is 5.75 Å². The van der Waals surface area contributed by atoms with E-state index in [1.54, 1.807) is 19.2 Å². The van der Waals surface area contributed by atoms with Crippen molar-refractivity contribution in [2.75, 3.05) is 32.5 Å². The van der Waals surface area contributed by atoms with Gasteiger partial charge in [0, 0.05) is 31.4 Å². The van der Waals surface area contributed by atoms with E-state index in [1.165, 1.54) is 16.4 Å². The Balaban J connectivity index is 1.84. The molecule has 0 saturated heterocycles. The minimum atomic E-state index is -3.79. The van der Waals surface area contributed by atoms with E-state index in [2.05, 4.69) is 10.6 Å². The number of aliphatic hydroxyl groups excluding tert-OH is 1. The minimum absolute atomic E-state index is 0.0867. The lowest BCUT2D eigenvalue weighted by Crippen LogP contribution is -2.44. The number of aliphatic hydroxyl groups is 1. The van der Waals surface area contributed by atoms with E-state index in [-0.39, 0.29) is 23.5 Å². The van der Waals surface area contributed by atoms with Crippen LogP contribution in [0.2, 0.25) is 0 Å². The first kappa shape index (κ1) is 28.4. The van der Waals surface area contributed by atoms with Gasteiger partial charge >= 0.3 is 6.03 Å². The maximum absolute atomic E-state index is 13.3.